The van der Waals surface area contributed by atoms with Crippen LogP contribution in [0.25, 0.3) is 0 Å². The van der Waals surface area contributed by atoms with E-state index in [-0.39, 0.29) is 16.6 Å². The first-order valence-electron chi connectivity index (χ1n) is 7.19. The van der Waals surface area contributed by atoms with Gasteiger partial charge in [0, 0.05) is 13.1 Å². The molecule has 1 atom stereocenters. The second-order valence-corrected chi connectivity index (χ2v) is 7.15. The highest BCUT2D eigenvalue weighted by molar-refractivity contribution is 8.02. The molecule has 0 aromatic heterocycles. The van der Waals surface area contributed by atoms with E-state index in [1.54, 1.807) is 11.8 Å². The number of carbonyl (C=O) groups excluding carboxylic acids is 1. The highest BCUT2D eigenvalue weighted by atomic mass is 32.2. The number of nitrogens with zero attached hydrogens (tertiary/aromatic N) is 1. The monoisotopic (exact) mass is 322 g/mol. The maximum atomic E-state index is 12.6. The van der Waals surface area contributed by atoms with E-state index in [9.17, 15) is 4.79 Å². The van der Waals surface area contributed by atoms with Crippen LogP contribution in [0.4, 0.5) is 0 Å². The Kier molecular flexibility index (Phi) is 5.27. The van der Waals surface area contributed by atoms with Crippen LogP contribution in [-0.4, -0.2) is 39.9 Å². The predicted molar refractivity (Wildman–Crippen MR) is 93.7 cm³/mol. The first kappa shape index (κ1) is 16.3. The number of benzene rings is 1. The maximum Gasteiger partial charge on any atom is 0.229 e. The first-order valence-corrected chi connectivity index (χ1v) is 8.82. The second kappa shape index (κ2) is 6.79. The smallest absolute Gasteiger partial charge is 0.229 e. The predicted octanol–water partition coefficient (Wildman–Crippen LogP) is 2.80. The number of amides is 1. The molecule has 2 rings (SSSR count). The van der Waals surface area contributed by atoms with Crippen molar-refractivity contribution < 1.29 is 4.79 Å². The Morgan fingerprint density at radius 1 is 1.33 bits per heavy atom. The van der Waals surface area contributed by atoms with Crippen LogP contribution in [-0.2, 0) is 4.79 Å². The molecule has 0 spiro atoms. The second-order valence-electron chi connectivity index (χ2n) is 5.52. The fourth-order valence-electron chi connectivity index (χ4n) is 2.80. The molecule has 114 valence electrons. The molecule has 0 aliphatic carbocycles. The number of carbonyl (C=O) groups is 1. The number of hydrogen-bond donors (Lipinski definition) is 1. The van der Waals surface area contributed by atoms with Crippen molar-refractivity contribution in [1.82, 2.24) is 4.90 Å². The van der Waals surface area contributed by atoms with E-state index in [0.29, 0.717) is 4.99 Å². The molecule has 1 heterocycles. The van der Waals surface area contributed by atoms with Gasteiger partial charge in [-0.1, -0.05) is 42.5 Å². The number of thiocarbonyl (C=S) groups is 1. The molecular formula is C16H22N2OS2. The van der Waals surface area contributed by atoms with Gasteiger partial charge in [-0.25, -0.2) is 0 Å². The van der Waals surface area contributed by atoms with E-state index < -0.39 is 0 Å². The minimum absolute atomic E-state index is 0.0993. The van der Waals surface area contributed by atoms with Crippen molar-refractivity contribution in [3.8, 4) is 0 Å². The van der Waals surface area contributed by atoms with Crippen molar-refractivity contribution in [3.63, 3.8) is 0 Å². The van der Waals surface area contributed by atoms with E-state index >= 15 is 0 Å². The van der Waals surface area contributed by atoms with Gasteiger partial charge in [0.05, 0.1) is 15.7 Å². The maximum absolute atomic E-state index is 12.6. The molecule has 1 aromatic rings. The van der Waals surface area contributed by atoms with E-state index in [4.69, 9.17) is 18.0 Å². The van der Waals surface area contributed by atoms with Crippen LogP contribution in [0.3, 0.4) is 0 Å². The minimum Gasteiger partial charge on any atom is -0.392 e. The van der Waals surface area contributed by atoms with Gasteiger partial charge in [0.15, 0.2) is 0 Å². The molecule has 1 fully saturated rings. The van der Waals surface area contributed by atoms with E-state index in [1.807, 2.05) is 48.4 Å². The molecule has 1 amide bonds. The van der Waals surface area contributed by atoms with Crippen LogP contribution in [0.1, 0.15) is 31.2 Å². The summed E-state index contributed by atoms with van der Waals surface area (Å²) in [5, 5.41) is 0. The molecular weight excluding hydrogens is 300 g/mol. The van der Waals surface area contributed by atoms with E-state index in [1.165, 1.54) is 0 Å². The third-order valence-electron chi connectivity index (χ3n) is 4.39. The van der Waals surface area contributed by atoms with Crippen LogP contribution in [0.15, 0.2) is 30.3 Å². The number of thioether (sulfide) groups is 1. The Balaban J connectivity index is 2.02. The van der Waals surface area contributed by atoms with Crippen molar-refractivity contribution in [3.05, 3.63) is 35.9 Å². The molecule has 1 saturated heterocycles. The molecule has 1 aromatic carbocycles. The van der Waals surface area contributed by atoms with Crippen LogP contribution in [0.2, 0.25) is 0 Å². The number of likely N-dealkylation sites (tertiary alicyclic amines) is 1. The Bertz CT molecular complexity index is 510. The molecule has 1 aliphatic heterocycles. The largest absolute Gasteiger partial charge is 0.392 e. The molecule has 0 saturated carbocycles. The van der Waals surface area contributed by atoms with Crippen LogP contribution in [0, 0.1) is 0 Å². The summed E-state index contributed by atoms with van der Waals surface area (Å²) in [6.45, 7) is 3.43. The number of hydrogen-bond acceptors (Lipinski definition) is 3. The van der Waals surface area contributed by atoms with Gasteiger partial charge >= 0.3 is 0 Å². The third-order valence-corrected chi connectivity index (χ3v) is 6.32. The summed E-state index contributed by atoms with van der Waals surface area (Å²) in [4.78, 5) is 15.1. The van der Waals surface area contributed by atoms with Gasteiger partial charge in [-0.15, -0.1) is 0 Å². The van der Waals surface area contributed by atoms with E-state index in [0.717, 1.165) is 31.5 Å². The van der Waals surface area contributed by atoms with Gasteiger partial charge in [-0.05, 0) is 31.6 Å². The summed E-state index contributed by atoms with van der Waals surface area (Å²) in [7, 11) is 0. The van der Waals surface area contributed by atoms with Crippen molar-refractivity contribution in [2.45, 2.75) is 30.4 Å². The molecule has 0 bridgehead atoms. The lowest BCUT2D eigenvalue weighted by Crippen LogP contribution is -2.51. The van der Waals surface area contributed by atoms with Crippen LogP contribution < -0.4 is 5.73 Å². The average molecular weight is 322 g/mol. The van der Waals surface area contributed by atoms with E-state index in [2.05, 4.69) is 0 Å². The molecule has 1 aliphatic rings. The fourth-order valence-corrected chi connectivity index (χ4v) is 4.04. The van der Waals surface area contributed by atoms with Gasteiger partial charge in [0.1, 0.15) is 0 Å². The zero-order valence-corrected chi connectivity index (χ0v) is 14.2. The summed E-state index contributed by atoms with van der Waals surface area (Å²) < 4.78 is -0.137. The minimum atomic E-state index is -0.137. The van der Waals surface area contributed by atoms with Crippen molar-refractivity contribution in [1.29, 1.82) is 0 Å². The van der Waals surface area contributed by atoms with Gasteiger partial charge < -0.3 is 10.6 Å². The number of nitrogens with two attached hydrogens (primary N) is 1. The molecule has 2 N–H and O–H groups in total. The first-order chi connectivity index (χ1) is 10.00. The third kappa shape index (κ3) is 3.40. The lowest BCUT2D eigenvalue weighted by Gasteiger charge is -2.40. The average Bonchev–Trinajstić information content (AvgIpc) is 2.54. The van der Waals surface area contributed by atoms with Gasteiger partial charge in [0.2, 0.25) is 5.91 Å². The Labute approximate surface area is 136 Å². The van der Waals surface area contributed by atoms with Crippen molar-refractivity contribution in [2.24, 2.45) is 5.73 Å². The zero-order valence-electron chi connectivity index (χ0n) is 12.5. The highest BCUT2D eigenvalue weighted by Crippen LogP contribution is 2.35. The molecule has 5 heteroatoms. The zero-order chi connectivity index (χ0) is 15.5. The Hall–Kier alpha value is -1.07. The molecule has 1 unspecified atom stereocenters. The fraction of sp³-hybridized carbons (Fsp3) is 0.500. The van der Waals surface area contributed by atoms with Crippen molar-refractivity contribution in [2.75, 3.05) is 19.3 Å². The normalized spacial score (nSPS) is 19.0. The quantitative estimate of drug-likeness (QED) is 0.866. The Morgan fingerprint density at radius 2 is 1.90 bits per heavy atom. The topological polar surface area (TPSA) is 46.3 Å². The lowest BCUT2D eigenvalue weighted by atomic mass is 9.93. The van der Waals surface area contributed by atoms with Crippen LogP contribution >= 0.6 is 24.0 Å². The molecule has 3 nitrogen and oxygen atoms in total. The number of piperidine rings is 1. The van der Waals surface area contributed by atoms with Gasteiger partial charge in [-0.2, -0.15) is 11.8 Å². The summed E-state index contributed by atoms with van der Waals surface area (Å²) in [6.07, 6.45) is 3.73. The molecule has 21 heavy (non-hydrogen) atoms. The standard InChI is InChI=1S/C16H22N2OS2/c1-12(13-6-4-3-5-7-13)14(19)18-10-8-16(21-2,9-11-18)15(17)20/h3-7,12H,8-11H2,1-2H3,(H2,17,20). The lowest BCUT2D eigenvalue weighted by molar-refractivity contribution is -0.133. The van der Waals surface area contributed by atoms with Crippen LogP contribution in [0.5, 0.6) is 0 Å². The summed E-state index contributed by atoms with van der Waals surface area (Å²) >= 11 is 6.93. The SMILES string of the molecule is CSC1(C(N)=S)CCN(C(=O)C(C)c2ccccc2)CC1. The molecule has 0 radical (unpaired) electrons. The summed E-state index contributed by atoms with van der Waals surface area (Å²) in [5.41, 5.74) is 6.96. The summed E-state index contributed by atoms with van der Waals surface area (Å²) in [6, 6.07) is 9.93. The highest BCUT2D eigenvalue weighted by Gasteiger charge is 2.38. The number of rotatable bonds is 4. The van der Waals surface area contributed by atoms with Gasteiger partial charge in [-0.3, -0.25) is 4.79 Å². The Morgan fingerprint density at radius 3 is 2.38 bits per heavy atom. The van der Waals surface area contributed by atoms with Crippen molar-refractivity contribution >= 4 is 34.9 Å². The van der Waals surface area contributed by atoms with Gasteiger partial charge in [0.25, 0.3) is 0 Å². The summed E-state index contributed by atoms with van der Waals surface area (Å²) in [5.74, 6) is 0.0941.